The van der Waals surface area contributed by atoms with Crippen LogP contribution in [0.1, 0.15) is 13.8 Å². The average molecular weight is 188 g/mol. The van der Waals surface area contributed by atoms with Gasteiger partial charge in [-0.3, -0.25) is 0 Å². The van der Waals surface area contributed by atoms with Crippen LogP contribution in [0.5, 0.6) is 0 Å². The zero-order valence-corrected chi connectivity index (χ0v) is 8.12. The third-order valence-corrected chi connectivity index (χ3v) is 3.16. The van der Waals surface area contributed by atoms with E-state index in [0.717, 1.165) is 0 Å². The molecule has 2 aliphatic rings. The van der Waals surface area contributed by atoms with Gasteiger partial charge >= 0.3 is 0 Å². The molecular formula is C9H16O4. The molecule has 0 aliphatic carbocycles. The van der Waals surface area contributed by atoms with Gasteiger partial charge in [0, 0.05) is 0 Å². The van der Waals surface area contributed by atoms with Gasteiger partial charge in [0.25, 0.3) is 0 Å². The summed E-state index contributed by atoms with van der Waals surface area (Å²) in [5.41, 5.74) is -0.115. The monoisotopic (exact) mass is 188 g/mol. The highest BCUT2D eigenvalue weighted by Gasteiger charge is 2.47. The third-order valence-electron chi connectivity index (χ3n) is 3.16. The predicted molar refractivity (Wildman–Crippen MR) is 45.2 cm³/mol. The molecule has 2 unspecified atom stereocenters. The Morgan fingerprint density at radius 1 is 0.923 bits per heavy atom. The molecule has 0 bridgehead atoms. The number of hydrogen-bond donors (Lipinski definition) is 0. The van der Waals surface area contributed by atoms with Crippen molar-refractivity contribution in [1.29, 1.82) is 0 Å². The molecular weight excluding hydrogens is 172 g/mol. The largest absolute Gasteiger partial charge is 0.355 e. The van der Waals surface area contributed by atoms with Crippen LogP contribution in [0, 0.1) is 5.41 Å². The molecule has 0 aromatic carbocycles. The normalized spacial score (nSPS) is 46.6. The predicted octanol–water partition coefficient (Wildman–Crippen LogP) is 0.758. The minimum Gasteiger partial charge on any atom is -0.355 e. The van der Waals surface area contributed by atoms with Gasteiger partial charge in [-0.15, -0.1) is 0 Å². The summed E-state index contributed by atoms with van der Waals surface area (Å²) in [7, 11) is 0. The topological polar surface area (TPSA) is 36.9 Å². The number of hydrogen-bond acceptors (Lipinski definition) is 4. The lowest BCUT2D eigenvalue weighted by atomic mass is 9.78. The molecule has 2 heterocycles. The first-order valence-corrected chi connectivity index (χ1v) is 4.64. The Hall–Kier alpha value is -0.160. The van der Waals surface area contributed by atoms with Crippen LogP contribution in [-0.4, -0.2) is 39.0 Å². The fraction of sp³-hybridized carbons (Fsp3) is 1.00. The van der Waals surface area contributed by atoms with Crippen molar-refractivity contribution in [3.63, 3.8) is 0 Å². The Kier molecular flexibility index (Phi) is 2.55. The van der Waals surface area contributed by atoms with Crippen LogP contribution in [0.4, 0.5) is 0 Å². The first-order valence-electron chi connectivity index (χ1n) is 4.64. The van der Waals surface area contributed by atoms with Gasteiger partial charge in [-0.05, 0) is 13.8 Å². The third kappa shape index (κ3) is 1.48. The van der Waals surface area contributed by atoms with Crippen LogP contribution in [0.3, 0.4) is 0 Å². The van der Waals surface area contributed by atoms with E-state index in [0.29, 0.717) is 26.8 Å². The fourth-order valence-corrected chi connectivity index (χ4v) is 1.94. The minimum absolute atomic E-state index is 0.115. The van der Waals surface area contributed by atoms with Crippen molar-refractivity contribution in [2.24, 2.45) is 5.41 Å². The van der Waals surface area contributed by atoms with Crippen LogP contribution in [0.2, 0.25) is 0 Å². The summed E-state index contributed by atoms with van der Waals surface area (Å²) in [5.74, 6) is 0. The molecule has 2 aliphatic heterocycles. The summed E-state index contributed by atoms with van der Waals surface area (Å²) in [4.78, 5) is 0. The van der Waals surface area contributed by atoms with Gasteiger partial charge in [0.1, 0.15) is 13.6 Å². The van der Waals surface area contributed by atoms with Crippen LogP contribution < -0.4 is 0 Å². The molecule has 76 valence electrons. The lowest BCUT2D eigenvalue weighted by Crippen LogP contribution is -2.57. The lowest BCUT2D eigenvalue weighted by molar-refractivity contribution is -0.295. The quantitative estimate of drug-likeness (QED) is 0.562. The molecule has 1 spiro atoms. The number of ether oxygens (including phenoxy) is 4. The maximum atomic E-state index is 5.46. The maximum absolute atomic E-state index is 5.46. The molecule has 4 nitrogen and oxygen atoms in total. The molecule has 2 fully saturated rings. The summed E-state index contributed by atoms with van der Waals surface area (Å²) in [6.45, 7) is 6.20. The molecule has 0 aromatic heterocycles. The van der Waals surface area contributed by atoms with Gasteiger partial charge in [-0.1, -0.05) is 0 Å². The molecule has 0 N–H and O–H groups in total. The fourth-order valence-electron chi connectivity index (χ4n) is 1.94. The van der Waals surface area contributed by atoms with E-state index in [4.69, 9.17) is 18.9 Å². The molecule has 0 amide bonds. The average Bonchev–Trinajstić information content (AvgIpc) is 2.15. The molecule has 2 saturated heterocycles. The van der Waals surface area contributed by atoms with E-state index < -0.39 is 0 Å². The van der Waals surface area contributed by atoms with Gasteiger partial charge in [-0.25, -0.2) is 0 Å². The van der Waals surface area contributed by atoms with E-state index in [-0.39, 0.29) is 17.6 Å². The summed E-state index contributed by atoms with van der Waals surface area (Å²) in [6.07, 6.45) is 0.271. The van der Waals surface area contributed by atoms with Crippen LogP contribution in [0.15, 0.2) is 0 Å². The highest BCUT2D eigenvalue weighted by atomic mass is 16.7. The molecule has 4 heteroatoms. The summed E-state index contributed by atoms with van der Waals surface area (Å²) >= 11 is 0. The van der Waals surface area contributed by atoms with Gasteiger partial charge in [0.2, 0.25) is 0 Å². The van der Waals surface area contributed by atoms with Gasteiger partial charge in [0.05, 0.1) is 30.8 Å². The van der Waals surface area contributed by atoms with Crippen molar-refractivity contribution in [3.05, 3.63) is 0 Å². The summed E-state index contributed by atoms with van der Waals surface area (Å²) in [5, 5.41) is 0. The summed E-state index contributed by atoms with van der Waals surface area (Å²) < 4.78 is 21.6. The van der Waals surface area contributed by atoms with Crippen molar-refractivity contribution < 1.29 is 18.9 Å². The second-order valence-corrected chi connectivity index (χ2v) is 3.78. The minimum atomic E-state index is -0.115. The van der Waals surface area contributed by atoms with E-state index in [2.05, 4.69) is 13.8 Å². The Morgan fingerprint density at radius 2 is 1.38 bits per heavy atom. The molecule has 13 heavy (non-hydrogen) atoms. The van der Waals surface area contributed by atoms with E-state index in [9.17, 15) is 0 Å². The number of rotatable bonds is 0. The van der Waals surface area contributed by atoms with Crippen molar-refractivity contribution in [2.75, 3.05) is 26.8 Å². The second-order valence-electron chi connectivity index (χ2n) is 3.78. The molecule has 2 rings (SSSR count). The molecule has 2 atom stereocenters. The molecule has 0 aromatic rings. The van der Waals surface area contributed by atoms with E-state index in [1.54, 1.807) is 0 Å². The van der Waals surface area contributed by atoms with Crippen molar-refractivity contribution in [2.45, 2.75) is 26.1 Å². The second kappa shape index (κ2) is 3.53. The van der Waals surface area contributed by atoms with Crippen LogP contribution >= 0.6 is 0 Å². The zero-order chi connectivity index (χ0) is 9.31. The van der Waals surface area contributed by atoms with Crippen LogP contribution in [0.25, 0.3) is 0 Å². The molecule has 0 radical (unpaired) electrons. The van der Waals surface area contributed by atoms with Crippen molar-refractivity contribution in [1.82, 2.24) is 0 Å². The molecule has 0 saturated carbocycles. The zero-order valence-electron chi connectivity index (χ0n) is 8.12. The van der Waals surface area contributed by atoms with Gasteiger partial charge < -0.3 is 18.9 Å². The smallest absolute Gasteiger partial charge is 0.147 e. The standard InChI is InChI=1S/C9H16O4/c1-7-9(3-10-5-12-7)4-11-6-13-8(9)2/h7-8H,3-6H2,1-2H3. The Bertz CT molecular complexity index is 162. The lowest BCUT2D eigenvalue weighted by Gasteiger charge is -2.47. The SMILES string of the molecule is CC1OCOCC12COCOC2C. The first kappa shape index (κ1) is 9.40. The Morgan fingerprint density at radius 3 is 1.77 bits per heavy atom. The van der Waals surface area contributed by atoms with E-state index >= 15 is 0 Å². The van der Waals surface area contributed by atoms with Gasteiger partial charge in [-0.2, -0.15) is 0 Å². The highest BCUT2D eigenvalue weighted by Crippen LogP contribution is 2.36. The van der Waals surface area contributed by atoms with E-state index in [1.807, 2.05) is 0 Å². The summed E-state index contributed by atoms with van der Waals surface area (Å²) in [6, 6.07) is 0. The maximum Gasteiger partial charge on any atom is 0.147 e. The van der Waals surface area contributed by atoms with E-state index in [1.165, 1.54) is 0 Å². The first-order chi connectivity index (χ1) is 6.26. The Balaban J connectivity index is 2.13. The van der Waals surface area contributed by atoms with Crippen molar-refractivity contribution >= 4 is 0 Å². The highest BCUT2D eigenvalue weighted by molar-refractivity contribution is 4.93. The van der Waals surface area contributed by atoms with Crippen molar-refractivity contribution in [3.8, 4) is 0 Å². The van der Waals surface area contributed by atoms with Gasteiger partial charge in [0.15, 0.2) is 0 Å². The Labute approximate surface area is 78.1 Å². The van der Waals surface area contributed by atoms with Crippen LogP contribution in [-0.2, 0) is 18.9 Å².